The summed E-state index contributed by atoms with van der Waals surface area (Å²) in [6.45, 7) is 0. The van der Waals surface area contributed by atoms with Gasteiger partial charge in [0.1, 0.15) is 12.1 Å². The van der Waals surface area contributed by atoms with Crippen LogP contribution in [0.15, 0.2) is 36.2 Å². The monoisotopic (exact) mass is 344 g/mol. The molecule has 130 valence electrons. The number of nitrogens with zero attached hydrogens (tertiary/aromatic N) is 3. The van der Waals surface area contributed by atoms with Crippen molar-refractivity contribution in [2.24, 2.45) is 0 Å². The number of methoxy groups -OCH3 is 3. The quantitative estimate of drug-likeness (QED) is 0.820. The predicted octanol–water partition coefficient (Wildman–Crippen LogP) is 1.01. The zero-order valence-corrected chi connectivity index (χ0v) is 13.8. The largest absolute Gasteiger partial charge is 0.497 e. The van der Waals surface area contributed by atoms with Crippen molar-refractivity contribution in [3.63, 3.8) is 0 Å². The molecule has 9 nitrogen and oxygen atoms in total. The number of anilines is 1. The van der Waals surface area contributed by atoms with Crippen LogP contribution in [0.2, 0.25) is 0 Å². The van der Waals surface area contributed by atoms with E-state index in [4.69, 9.17) is 14.2 Å². The molecule has 1 atom stereocenters. The Morgan fingerprint density at radius 2 is 1.76 bits per heavy atom. The number of ether oxygens (including phenoxy) is 3. The SMILES string of the molecule is COC(=O)C1=C(C(=O)OC)n2ncnc2NC1c1ccc(OC)cc1. The fraction of sp³-hybridized carbons (Fsp3) is 0.250. The highest BCUT2D eigenvalue weighted by atomic mass is 16.5. The summed E-state index contributed by atoms with van der Waals surface area (Å²) in [7, 11) is 4.03. The maximum atomic E-state index is 12.4. The van der Waals surface area contributed by atoms with Gasteiger partial charge in [0, 0.05) is 0 Å². The molecule has 0 saturated carbocycles. The third kappa shape index (κ3) is 2.80. The molecule has 1 unspecified atom stereocenters. The van der Waals surface area contributed by atoms with E-state index < -0.39 is 18.0 Å². The molecule has 0 fully saturated rings. The Bertz CT molecular complexity index is 840. The summed E-state index contributed by atoms with van der Waals surface area (Å²) < 4.78 is 16.1. The first kappa shape index (κ1) is 16.5. The van der Waals surface area contributed by atoms with Crippen molar-refractivity contribution < 1.29 is 23.8 Å². The number of benzene rings is 1. The number of esters is 2. The topological polar surface area (TPSA) is 105 Å². The first-order valence-electron chi connectivity index (χ1n) is 7.32. The molecule has 1 N–H and O–H groups in total. The smallest absolute Gasteiger partial charge is 0.357 e. The van der Waals surface area contributed by atoms with Crippen LogP contribution in [0.25, 0.3) is 5.70 Å². The van der Waals surface area contributed by atoms with Gasteiger partial charge in [-0.15, -0.1) is 0 Å². The zero-order chi connectivity index (χ0) is 18.0. The van der Waals surface area contributed by atoms with Crippen LogP contribution in [0.1, 0.15) is 11.6 Å². The molecule has 0 saturated heterocycles. The number of aromatic nitrogens is 3. The summed E-state index contributed by atoms with van der Waals surface area (Å²) in [6, 6.07) is 6.40. The summed E-state index contributed by atoms with van der Waals surface area (Å²) in [4.78, 5) is 28.8. The summed E-state index contributed by atoms with van der Waals surface area (Å²) in [5, 5.41) is 7.07. The highest BCUT2D eigenvalue weighted by molar-refractivity contribution is 6.19. The molecule has 2 heterocycles. The maximum Gasteiger partial charge on any atom is 0.357 e. The van der Waals surface area contributed by atoms with Gasteiger partial charge in [-0.3, -0.25) is 0 Å². The molecule has 1 aliphatic heterocycles. The molecule has 25 heavy (non-hydrogen) atoms. The first-order valence-corrected chi connectivity index (χ1v) is 7.32. The Hall–Kier alpha value is -3.36. The Balaban J connectivity index is 2.19. The van der Waals surface area contributed by atoms with Crippen LogP contribution in [-0.4, -0.2) is 48.0 Å². The number of carbonyl (C=O) groups excluding carboxylic acids is 2. The summed E-state index contributed by atoms with van der Waals surface area (Å²) >= 11 is 0. The molecule has 0 amide bonds. The van der Waals surface area contributed by atoms with Gasteiger partial charge in [-0.1, -0.05) is 12.1 Å². The van der Waals surface area contributed by atoms with Crippen LogP contribution >= 0.6 is 0 Å². The van der Waals surface area contributed by atoms with E-state index in [-0.39, 0.29) is 11.3 Å². The molecule has 0 bridgehead atoms. The normalized spacial score (nSPS) is 15.9. The van der Waals surface area contributed by atoms with Crippen LogP contribution < -0.4 is 10.1 Å². The third-order valence-corrected chi connectivity index (χ3v) is 3.81. The van der Waals surface area contributed by atoms with Crippen molar-refractivity contribution in [1.29, 1.82) is 0 Å². The number of hydrogen-bond acceptors (Lipinski definition) is 8. The second-order valence-corrected chi connectivity index (χ2v) is 5.09. The second kappa shape index (κ2) is 6.63. The predicted molar refractivity (Wildman–Crippen MR) is 86.6 cm³/mol. The van der Waals surface area contributed by atoms with Gasteiger partial charge in [0.25, 0.3) is 0 Å². The lowest BCUT2D eigenvalue weighted by molar-refractivity contribution is -0.138. The van der Waals surface area contributed by atoms with Crippen molar-refractivity contribution in [1.82, 2.24) is 14.8 Å². The molecule has 2 aromatic rings. The maximum absolute atomic E-state index is 12.4. The average molecular weight is 344 g/mol. The minimum atomic E-state index is -0.716. The third-order valence-electron chi connectivity index (χ3n) is 3.81. The summed E-state index contributed by atoms with van der Waals surface area (Å²) in [6.07, 6.45) is 1.27. The van der Waals surface area contributed by atoms with Gasteiger partial charge < -0.3 is 19.5 Å². The molecule has 0 radical (unpaired) electrons. The molecule has 0 aliphatic carbocycles. The summed E-state index contributed by atoms with van der Waals surface area (Å²) in [5.74, 6) is -0.407. The first-order chi connectivity index (χ1) is 12.1. The Labute approximate surface area is 143 Å². The van der Waals surface area contributed by atoms with E-state index in [1.165, 1.54) is 25.2 Å². The lowest BCUT2D eigenvalue weighted by Crippen LogP contribution is -2.32. The van der Waals surface area contributed by atoms with Crippen molar-refractivity contribution in [3.05, 3.63) is 41.7 Å². The lowest BCUT2D eigenvalue weighted by atomic mass is 9.95. The van der Waals surface area contributed by atoms with E-state index in [1.54, 1.807) is 31.4 Å². The lowest BCUT2D eigenvalue weighted by Gasteiger charge is -2.28. The average Bonchev–Trinajstić information content (AvgIpc) is 3.13. The Morgan fingerprint density at radius 1 is 1.08 bits per heavy atom. The van der Waals surface area contributed by atoms with Crippen LogP contribution in [-0.2, 0) is 19.1 Å². The van der Waals surface area contributed by atoms with E-state index in [0.717, 1.165) is 5.56 Å². The van der Waals surface area contributed by atoms with Gasteiger partial charge in [-0.25, -0.2) is 9.59 Å². The number of carbonyl (C=O) groups is 2. The molecule has 9 heteroatoms. The highest BCUT2D eigenvalue weighted by Gasteiger charge is 2.38. The van der Waals surface area contributed by atoms with Crippen molar-refractivity contribution >= 4 is 23.6 Å². The number of nitrogens with one attached hydrogen (secondary N) is 1. The van der Waals surface area contributed by atoms with Gasteiger partial charge in [0.05, 0.1) is 32.9 Å². The molecule has 3 rings (SSSR count). The Kier molecular flexibility index (Phi) is 4.38. The van der Waals surface area contributed by atoms with Crippen molar-refractivity contribution in [3.8, 4) is 5.75 Å². The van der Waals surface area contributed by atoms with Crippen LogP contribution in [0.5, 0.6) is 5.75 Å². The van der Waals surface area contributed by atoms with E-state index in [1.807, 2.05) is 0 Å². The van der Waals surface area contributed by atoms with Crippen LogP contribution in [0, 0.1) is 0 Å². The molecule has 1 aliphatic rings. The van der Waals surface area contributed by atoms with Gasteiger partial charge in [-0.05, 0) is 17.7 Å². The summed E-state index contributed by atoms with van der Waals surface area (Å²) in [5.41, 5.74) is 0.760. The molecule has 1 aromatic carbocycles. The molecular weight excluding hydrogens is 328 g/mol. The molecular formula is C16H16N4O5. The van der Waals surface area contributed by atoms with Gasteiger partial charge in [0.2, 0.25) is 5.95 Å². The van der Waals surface area contributed by atoms with E-state index in [2.05, 4.69) is 15.4 Å². The Morgan fingerprint density at radius 3 is 2.36 bits per heavy atom. The van der Waals surface area contributed by atoms with E-state index in [9.17, 15) is 9.59 Å². The van der Waals surface area contributed by atoms with E-state index in [0.29, 0.717) is 11.7 Å². The fourth-order valence-corrected chi connectivity index (χ4v) is 2.62. The van der Waals surface area contributed by atoms with E-state index >= 15 is 0 Å². The van der Waals surface area contributed by atoms with Gasteiger partial charge in [0.15, 0.2) is 5.70 Å². The standard InChI is InChI=1S/C16H16N4O5/c1-23-10-6-4-9(5-7-10)12-11(14(21)24-2)13(15(22)25-3)20-16(19-12)17-8-18-20/h4-8,12H,1-3H3,(H,17,18,19). The van der Waals surface area contributed by atoms with Crippen molar-refractivity contribution in [2.45, 2.75) is 6.04 Å². The van der Waals surface area contributed by atoms with Gasteiger partial charge in [-0.2, -0.15) is 14.8 Å². The minimum Gasteiger partial charge on any atom is -0.497 e. The zero-order valence-electron chi connectivity index (χ0n) is 13.8. The molecule has 1 aromatic heterocycles. The minimum absolute atomic E-state index is 0.0404. The highest BCUT2D eigenvalue weighted by Crippen LogP contribution is 2.36. The second-order valence-electron chi connectivity index (χ2n) is 5.09. The number of fused-ring (bicyclic) bond motifs is 1. The van der Waals surface area contributed by atoms with Crippen LogP contribution in [0.4, 0.5) is 5.95 Å². The van der Waals surface area contributed by atoms with Crippen LogP contribution in [0.3, 0.4) is 0 Å². The fourth-order valence-electron chi connectivity index (χ4n) is 2.62. The number of hydrogen-bond donors (Lipinski definition) is 1. The number of rotatable bonds is 4. The van der Waals surface area contributed by atoms with Crippen molar-refractivity contribution in [2.75, 3.05) is 26.6 Å². The van der Waals surface area contributed by atoms with Gasteiger partial charge >= 0.3 is 11.9 Å². The molecule has 0 spiro atoms.